The molecule has 6 nitrogen and oxygen atoms in total. The fourth-order valence-electron chi connectivity index (χ4n) is 1.36. The number of aliphatic hydroxyl groups is 4. The van der Waals surface area contributed by atoms with Crippen LogP contribution in [0.4, 0.5) is 0 Å². The summed E-state index contributed by atoms with van der Waals surface area (Å²) >= 11 is 0. The first-order valence-corrected chi connectivity index (χ1v) is 3.55. The Hall–Kier alpha value is -0.240. The Bertz CT molecular complexity index is 196. The van der Waals surface area contributed by atoms with Crippen LogP contribution >= 0.6 is 0 Å². The molecule has 0 aromatic carbocycles. The fraction of sp³-hybridized carbons (Fsp3) is 1.00. The second kappa shape index (κ2) is 1.98. The lowest BCUT2D eigenvalue weighted by Crippen LogP contribution is -2.43. The van der Waals surface area contributed by atoms with E-state index in [2.05, 4.69) is 9.47 Å². The predicted octanol–water partition coefficient (Wildman–Crippen LogP) is -2.65. The van der Waals surface area contributed by atoms with Crippen molar-refractivity contribution in [3.05, 3.63) is 0 Å². The van der Waals surface area contributed by atoms with E-state index in [1.807, 2.05) is 0 Å². The highest BCUT2D eigenvalue weighted by atomic mass is 17.1. The predicted molar refractivity (Wildman–Crippen MR) is 33.5 cm³/mol. The summed E-state index contributed by atoms with van der Waals surface area (Å²) in [4.78, 5) is 0. The largest absolute Gasteiger partial charge is 0.395 e. The molecule has 0 radical (unpaired) electrons. The fourth-order valence-corrected chi connectivity index (χ4v) is 1.36. The van der Waals surface area contributed by atoms with Crippen molar-refractivity contribution in [2.75, 3.05) is 19.8 Å². The van der Waals surface area contributed by atoms with E-state index in [-0.39, 0.29) is 0 Å². The summed E-state index contributed by atoms with van der Waals surface area (Å²) in [5.74, 6) is -3.06. The molecule has 0 aromatic rings. The molecule has 12 heavy (non-hydrogen) atoms. The van der Waals surface area contributed by atoms with Gasteiger partial charge in [-0.1, -0.05) is 0 Å². The highest BCUT2D eigenvalue weighted by Gasteiger charge is 2.98. The molecular formula is C6H10O6. The molecule has 0 atom stereocenters. The first-order chi connectivity index (χ1) is 5.60. The molecule has 70 valence electrons. The summed E-state index contributed by atoms with van der Waals surface area (Å²) < 4.78 is 9.34. The van der Waals surface area contributed by atoms with Gasteiger partial charge in [0.1, 0.15) is 5.41 Å². The van der Waals surface area contributed by atoms with Gasteiger partial charge in [-0.15, -0.1) is 0 Å². The van der Waals surface area contributed by atoms with E-state index < -0.39 is 37.0 Å². The summed E-state index contributed by atoms with van der Waals surface area (Å²) in [6.45, 7) is -1.53. The maximum atomic E-state index is 9.11. The van der Waals surface area contributed by atoms with Crippen LogP contribution in [0.25, 0.3) is 0 Å². The van der Waals surface area contributed by atoms with Gasteiger partial charge < -0.3 is 20.4 Å². The quantitative estimate of drug-likeness (QED) is 0.350. The molecule has 4 N–H and O–H groups in total. The van der Waals surface area contributed by atoms with Gasteiger partial charge in [0.2, 0.25) is 0 Å². The van der Waals surface area contributed by atoms with E-state index in [9.17, 15) is 0 Å². The minimum absolute atomic E-state index is 0.512. The van der Waals surface area contributed by atoms with E-state index in [0.717, 1.165) is 0 Å². The monoisotopic (exact) mass is 178 g/mol. The average molecular weight is 178 g/mol. The zero-order chi connectivity index (χ0) is 9.04. The van der Waals surface area contributed by atoms with Crippen LogP contribution in [0, 0.1) is 5.41 Å². The van der Waals surface area contributed by atoms with Gasteiger partial charge in [0, 0.05) is 0 Å². The minimum Gasteiger partial charge on any atom is -0.395 e. The number of hydrogen-bond acceptors (Lipinski definition) is 6. The van der Waals surface area contributed by atoms with Crippen LogP contribution in [0.2, 0.25) is 0 Å². The average Bonchev–Trinajstić information content (AvgIpc) is 2.79. The molecule has 2 saturated heterocycles. The third kappa shape index (κ3) is 0.620. The van der Waals surface area contributed by atoms with Crippen LogP contribution in [0.5, 0.6) is 0 Å². The maximum Gasteiger partial charge on any atom is 0.344 e. The van der Waals surface area contributed by atoms with Crippen molar-refractivity contribution in [1.82, 2.24) is 0 Å². The minimum atomic E-state index is -1.68. The summed E-state index contributed by atoms with van der Waals surface area (Å²) in [5, 5.41) is 35.8. The summed E-state index contributed by atoms with van der Waals surface area (Å²) in [6.07, 6.45) is 0. The molecule has 2 aliphatic heterocycles. The number of fused-ring (bicyclic) bond motifs is 1. The van der Waals surface area contributed by atoms with Crippen molar-refractivity contribution in [2.24, 2.45) is 5.41 Å². The van der Waals surface area contributed by atoms with Gasteiger partial charge >= 0.3 is 5.97 Å². The number of aliphatic hydroxyl groups excluding tert-OH is 3. The van der Waals surface area contributed by atoms with Crippen molar-refractivity contribution < 1.29 is 29.9 Å². The third-order valence-corrected chi connectivity index (χ3v) is 2.50. The lowest BCUT2D eigenvalue weighted by atomic mass is 9.86. The second-order valence-electron chi connectivity index (χ2n) is 3.16. The number of hydrogen-bond donors (Lipinski definition) is 4. The van der Waals surface area contributed by atoms with Gasteiger partial charge in [-0.25, -0.2) is 0 Å². The Morgan fingerprint density at radius 3 is 1.42 bits per heavy atom. The van der Waals surface area contributed by atoms with Gasteiger partial charge in [0.25, 0.3) is 5.79 Å². The van der Waals surface area contributed by atoms with Gasteiger partial charge in [-0.2, -0.15) is 0 Å². The van der Waals surface area contributed by atoms with Crippen LogP contribution in [-0.4, -0.2) is 52.0 Å². The van der Waals surface area contributed by atoms with E-state index in [1.54, 1.807) is 0 Å². The van der Waals surface area contributed by atoms with Gasteiger partial charge in [0.05, 0.1) is 19.8 Å². The normalized spacial score (nSPS) is 44.0. The van der Waals surface area contributed by atoms with Gasteiger partial charge in [-0.3, -0.25) is 9.47 Å². The Morgan fingerprint density at radius 1 is 1.00 bits per heavy atom. The van der Waals surface area contributed by atoms with Crippen LogP contribution in [-0.2, 0) is 9.47 Å². The molecule has 0 aliphatic carbocycles. The van der Waals surface area contributed by atoms with Crippen molar-refractivity contribution in [3.8, 4) is 0 Å². The van der Waals surface area contributed by atoms with E-state index >= 15 is 0 Å². The molecule has 0 unspecified atom stereocenters. The van der Waals surface area contributed by atoms with Gasteiger partial charge in [0.15, 0.2) is 0 Å². The zero-order valence-corrected chi connectivity index (χ0v) is 6.23. The number of epoxide rings is 2. The zero-order valence-electron chi connectivity index (χ0n) is 6.23. The number of ether oxygens (including phenoxy) is 2. The van der Waals surface area contributed by atoms with Crippen LogP contribution in [0.1, 0.15) is 0 Å². The molecule has 0 saturated carbocycles. The van der Waals surface area contributed by atoms with Crippen molar-refractivity contribution in [2.45, 2.75) is 11.8 Å². The summed E-state index contributed by atoms with van der Waals surface area (Å²) in [5.41, 5.74) is -1.32. The molecule has 2 heterocycles. The first kappa shape index (κ1) is 8.36. The SMILES string of the molecule is OCC(CO)(CO)C12OC1(O)O2. The van der Waals surface area contributed by atoms with E-state index in [0.29, 0.717) is 0 Å². The standard InChI is InChI=1S/C6H10O6/c7-1-4(2-8,3-9)5-6(10,11-5)12-5/h7-10H,1-3H2. The van der Waals surface area contributed by atoms with E-state index in [4.69, 9.17) is 20.4 Å². The van der Waals surface area contributed by atoms with Crippen LogP contribution in [0.15, 0.2) is 0 Å². The highest BCUT2D eigenvalue weighted by Crippen LogP contribution is 2.73. The maximum absolute atomic E-state index is 9.11. The topological polar surface area (TPSA) is 106 Å². The smallest absolute Gasteiger partial charge is 0.344 e. The Labute approximate surface area is 68.0 Å². The molecule has 2 rings (SSSR count). The third-order valence-electron chi connectivity index (χ3n) is 2.50. The molecule has 2 aliphatic rings. The lowest BCUT2D eigenvalue weighted by Gasteiger charge is -2.25. The second-order valence-corrected chi connectivity index (χ2v) is 3.16. The van der Waals surface area contributed by atoms with Crippen molar-refractivity contribution >= 4 is 0 Å². The van der Waals surface area contributed by atoms with Crippen molar-refractivity contribution in [1.29, 1.82) is 0 Å². The molecule has 0 spiro atoms. The van der Waals surface area contributed by atoms with Crippen LogP contribution < -0.4 is 0 Å². The lowest BCUT2D eigenvalue weighted by molar-refractivity contribution is -0.224. The van der Waals surface area contributed by atoms with Crippen molar-refractivity contribution in [3.63, 3.8) is 0 Å². The first-order valence-electron chi connectivity index (χ1n) is 3.55. The number of rotatable bonds is 4. The Morgan fingerprint density at radius 2 is 1.33 bits per heavy atom. The molecule has 2 fully saturated rings. The highest BCUT2D eigenvalue weighted by molar-refractivity contribution is 5.20. The summed E-state index contributed by atoms with van der Waals surface area (Å²) in [7, 11) is 0. The molecule has 0 bridgehead atoms. The summed E-state index contributed by atoms with van der Waals surface area (Å²) in [6, 6.07) is 0. The molecule has 0 amide bonds. The Kier molecular flexibility index (Phi) is 1.38. The Balaban J connectivity index is 2.18. The molecular weight excluding hydrogens is 168 g/mol. The van der Waals surface area contributed by atoms with E-state index in [1.165, 1.54) is 0 Å². The molecule has 6 heteroatoms. The van der Waals surface area contributed by atoms with Gasteiger partial charge in [-0.05, 0) is 0 Å². The van der Waals surface area contributed by atoms with Crippen LogP contribution in [0.3, 0.4) is 0 Å². The molecule has 0 aromatic heterocycles.